The average Bonchev–Trinajstić information content (AvgIpc) is 2.49. The van der Waals surface area contributed by atoms with Crippen molar-refractivity contribution in [2.45, 2.75) is 70.2 Å². The van der Waals surface area contributed by atoms with E-state index in [9.17, 15) is 0 Å². The molecule has 0 amide bonds. The molecule has 0 aliphatic rings. The Hall–Kier alpha value is -0.0531. The first kappa shape index (κ1) is 19.9. The zero-order valence-corrected chi connectivity index (χ0v) is 16.5. The highest BCUT2D eigenvalue weighted by molar-refractivity contribution is 14.1. The van der Waals surface area contributed by atoms with Crippen molar-refractivity contribution in [3.05, 3.63) is 25.3 Å². The van der Waals surface area contributed by atoms with Crippen molar-refractivity contribution in [1.82, 2.24) is 0 Å². The quantitative estimate of drug-likeness (QED) is 0.176. The van der Waals surface area contributed by atoms with E-state index in [0.29, 0.717) is 0 Å². The van der Waals surface area contributed by atoms with Gasteiger partial charge in [-0.3, -0.25) is 0 Å². The highest BCUT2D eigenvalue weighted by atomic mass is 127. The Labute approximate surface area is 140 Å². The second-order valence-corrected chi connectivity index (χ2v) is 10.4. The van der Waals surface area contributed by atoms with Gasteiger partial charge in [0.25, 0.3) is 0 Å². The lowest BCUT2D eigenvalue weighted by Crippen LogP contribution is -2.46. The molecule has 0 aromatic carbocycles. The van der Waals surface area contributed by atoms with Crippen LogP contribution in [0, 0.1) is 9.85 Å². The molecule has 0 bridgehead atoms. The zero-order chi connectivity index (χ0) is 15.5. The lowest BCUT2D eigenvalue weighted by atomic mass is 9.93. The van der Waals surface area contributed by atoms with E-state index < -0.39 is 8.32 Å². The van der Waals surface area contributed by atoms with Gasteiger partial charge in [0.15, 0.2) is 8.32 Å². The van der Waals surface area contributed by atoms with E-state index in [1.54, 1.807) is 0 Å². The van der Waals surface area contributed by atoms with Crippen LogP contribution in [0.4, 0.5) is 0 Å². The highest BCUT2D eigenvalue weighted by Crippen LogP contribution is 2.33. The fourth-order valence-electron chi connectivity index (χ4n) is 2.52. The summed E-state index contributed by atoms with van der Waals surface area (Å²) in [5, 5.41) is 0. The normalized spacial score (nSPS) is 11.6. The summed E-state index contributed by atoms with van der Waals surface area (Å²) >= 11 is 2.13. The van der Waals surface area contributed by atoms with Gasteiger partial charge in [-0.25, -0.2) is 0 Å². The maximum atomic E-state index is 6.78. The summed E-state index contributed by atoms with van der Waals surface area (Å²) in [6.45, 7) is 14.5. The molecule has 0 aliphatic heterocycles. The molecule has 0 aliphatic carbocycles. The van der Waals surface area contributed by atoms with Crippen LogP contribution in [0.3, 0.4) is 0 Å². The standard InChI is InChI=1S/C17H29IOSi/c1-6-11-13-17(15-16-18,14-12-7-2)19-20(8-3,9-4)10-5/h6-7H,1-2,8-14H2,3-5H3. The van der Waals surface area contributed by atoms with E-state index in [-0.39, 0.29) is 5.60 Å². The lowest BCUT2D eigenvalue weighted by molar-refractivity contribution is 0.0988. The van der Waals surface area contributed by atoms with E-state index >= 15 is 0 Å². The molecule has 0 unspecified atom stereocenters. The molecule has 0 spiro atoms. The molecule has 0 saturated carbocycles. The summed E-state index contributed by atoms with van der Waals surface area (Å²) in [5.74, 6) is 3.38. The van der Waals surface area contributed by atoms with Crippen LogP contribution in [0.1, 0.15) is 46.5 Å². The molecule has 0 aromatic rings. The summed E-state index contributed by atoms with van der Waals surface area (Å²) in [4.78, 5) is 0. The molecular weight excluding hydrogens is 375 g/mol. The van der Waals surface area contributed by atoms with E-state index in [1.807, 2.05) is 12.2 Å². The summed E-state index contributed by atoms with van der Waals surface area (Å²) in [7, 11) is -1.66. The number of hydrogen-bond donors (Lipinski definition) is 0. The molecule has 20 heavy (non-hydrogen) atoms. The minimum Gasteiger partial charge on any atom is -0.401 e. The Morgan fingerprint density at radius 2 is 1.50 bits per heavy atom. The molecule has 0 rings (SSSR count). The van der Waals surface area contributed by atoms with Gasteiger partial charge in [0.1, 0.15) is 5.60 Å². The van der Waals surface area contributed by atoms with E-state index in [4.69, 9.17) is 4.43 Å². The van der Waals surface area contributed by atoms with Gasteiger partial charge in [-0.1, -0.05) is 38.8 Å². The smallest absolute Gasteiger partial charge is 0.194 e. The monoisotopic (exact) mass is 404 g/mol. The van der Waals surface area contributed by atoms with Crippen LogP contribution < -0.4 is 0 Å². The predicted molar refractivity (Wildman–Crippen MR) is 102 cm³/mol. The summed E-state index contributed by atoms with van der Waals surface area (Å²) < 4.78 is 9.85. The van der Waals surface area contributed by atoms with Gasteiger partial charge >= 0.3 is 0 Å². The number of rotatable bonds is 11. The molecule has 0 fully saturated rings. The Kier molecular flexibility index (Phi) is 10.6. The molecule has 0 aromatic heterocycles. The first-order chi connectivity index (χ1) is 9.57. The molecule has 0 radical (unpaired) electrons. The van der Waals surface area contributed by atoms with Crippen molar-refractivity contribution in [1.29, 1.82) is 0 Å². The molecule has 3 heteroatoms. The molecular formula is C17H29IOSi. The lowest BCUT2D eigenvalue weighted by Gasteiger charge is -2.39. The van der Waals surface area contributed by atoms with Crippen LogP contribution in [-0.4, -0.2) is 13.9 Å². The number of hydrogen-bond acceptors (Lipinski definition) is 1. The minimum absolute atomic E-state index is 0.308. The summed E-state index contributed by atoms with van der Waals surface area (Å²) in [6, 6.07) is 3.48. The van der Waals surface area contributed by atoms with Crippen molar-refractivity contribution in [3.8, 4) is 9.85 Å². The maximum absolute atomic E-state index is 6.78. The van der Waals surface area contributed by atoms with Gasteiger partial charge in [0.2, 0.25) is 0 Å². The molecule has 0 heterocycles. The Morgan fingerprint density at radius 1 is 1.05 bits per heavy atom. The van der Waals surface area contributed by atoms with Gasteiger partial charge in [-0.2, -0.15) is 0 Å². The van der Waals surface area contributed by atoms with Crippen molar-refractivity contribution >= 4 is 30.9 Å². The number of allylic oxidation sites excluding steroid dienone is 2. The Morgan fingerprint density at radius 3 is 1.80 bits per heavy atom. The van der Waals surface area contributed by atoms with Crippen LogP contribution >= 0.6 is 22.6 Å². The van der Waals surface area contributed by atoms with E-state index in [0.717, 1.165) is 43.8 Å². The fourth-order valence-corrected chi connectivity index (χ4v) is 6.02. The Balaban J connectivity index is 5.35. The summed E-state index contributed by atoms with van der Waals surface area (Å²) in [5.41, 5.74) is -0.308. The van der Waals surface area contributed by atoms with E-state index in [2.05, 4.69) is 66.4 Å². The highest BCUT2D eigenvalue weighted by Gasteiger charge is 2.39. The predicted octanol–water partition coefficient (Wildman–Crippen LogP) is 6.08. The zero-order valence-electron chi connectivity index (χ0n) is 13.3. The third-order valence-corrected chi connectivity index (χ3v) is 9.08. The molecule has 0 atom stereocenters. The first-order valence-electron chi connectivity index (χ1n) is 7.62. The van der Waals surface area contributed by atoms with Crippen molar-refractivity contribution in [2.24, 2.45) is 0 Å². The van der Waals surface area contributed by atoms with Crippen LogP contribution in [0.15, 0.2) is 25.3 Å². The van der Waals surface area contributed by atoms with Crippen molar-refractivity contribution in [2.75, 3.05) is 0 Å². The third-order valence-electron chi connectivity index (χ3n) is 4.12. The van der Waals surface area contributed by atoms with Crippen molar-refractivity contribution < 1.29 is 4.43 Å². The van der Waals surface area contributed by atoms with Crippen molar-refractivity contribution in [3.63, 3.8) is 0 Å². The average molecular weight is 404 g/mol. The van der Waals surface area contributed by atoms with Gasteiger partial charge in [0, 0.05) is 22.6 Å². The van der Waals surface area contributed by atoms with Gasteiger partial charge in [0.05, 0.1) is 0 Å². The molecule has 0 N–H and O–H groups in total. The van der Waals surface area contributed by atoms with Gasteiger partial charge < -0.3 is 4.43 Å². The molecule has 1 nitrogen and oxygen atoms in total. The van der Waals surface area contributed by atoms with Crippen LogP contribution in [0.5, 0.6) is 0 Å². The van der Waals surface area contributed by atoms with Gasteiger partial charge in [-0.05, 0) is 47.7 Å². The van der Waals surface area contributed by atoms with Crippen LogP contribution in [-0.2, 0) is 4.43 Å². The topological polar surface area (TPSA) is 9.23 Å². The third kappa shape index (κ3) is 6.15. The van der Waals surface area contributed by atoms with Crippen LogP contribution in [0.2, 0.25) is 18.1 Å². The Bertz CT molecular complexity index is 329. The second-order valence-electron chi connectivity index (χ2n) is 5.21. The SMILES string of the molecule is C=CCCC(C#CI)(CCC=C)O[Si](CC)(CC)CC. The minimum atomic E-state index is -1.66. The maximum Gasteiger partial charge on any atom is 0.194 e. The summed E-state index contributed by atoms with van der Waals surface area (Å²) in [6.07, 6.45) is 7.71. The first-order valence-corrected chi connectivity index (χ1v) is 11.2. The molecule has 0 saturated heterocycles. The number of halogens is 1. The fraction of sp³-hybridized carbons (Fsp3) is 0.647. The van der Waals surface area contributed by atoms with E-state index in [1.165, 1.54) is 0 Å². The molecule has 114 valence electrons. The van der Waals surface area contributed by atoms with Gasteiger partial charge in [-0.15, -0.1) is 13.2 Å². The second kappa shape index (κ2) is 10.6. The largest absolute Gasteiger partial charge is 0.401 e. The van der Waals surface area contributed by atoms with Crippen LogP contribution in [0.25, 0.3) is 0 Å².